The Morgan fingerprint density at radius 1 is 1.13 bits per heavy atom. The van der Waals surface area contributed by atoms with Crippen molar-refractivity contribution < 1.29 is 10.0 Å². The second-order valence-corrected chi connectivity index (χ2v) is 8.32. The van der Waals surface area contributed by atoms with Gasteiger partial charge in [0.2, 0.25) is 0 Å². The van der Waals surface area contributed by atoms with Crippen LogP contribution in [0.25, 0.3) is 10.1 Å². The lowest BCUT2D eigenvalue weighted by Crippen LogP contribution is -2.22. The van der Waals surface area contributed by atoms with E-state index in [-0.39, 0.29) is 5.91 Å². The number of oxime groups is 1. The van der Waals surface area contributed by atoms with Crippen LogP contribution in [0.15, 0.2) is 66.3 Å². The van der Waals surface area contributed by atoms with Crippen molar-refractivity contribution in [2.45, 2.75) is 19.4 Å². The number of nitrogens with zero attached hydrogens (tertiary/aromatic N) is 3. The number of rotatable bonds is 5. The average molecular weight is 430 g/mol. The summed E-state index contributed by atoms with van der Waals surface area (Å²) in [4.78, 5) is 21.9. The summed E-state index contributed by atoms with van der Waals surface area (Å²) in [7, 11) is 0. The number of amides is 1. The van der Waals surface area contributed by atoms with Gasteiger partial charge in [0.05, 0.1) is 16.1 Å². The molecule has 31 heavy (non-hydrogen) atoms. The molecule has 1 aliphatic rings. The predicted octanol–water partition coefficient (Wildman–Crippen LogP) is 4.49. The van der Waals surface area contributed by atoms with E-state index >= 15 is 0 Å². The van der Waals surface area contributed by atoms with Crippen molar-refractivity contribution in [1.29, 1.82) is 0 Å². The minimum absolute atomic E-state index is 0.150. The normalized spacial score (nSPS) is 14.0. The van der Waals surface area contributed by atoms with E-state index in [1.807, 2.05) is 30.3 Å². The molecular formula is C23H19N5O2S. The Morgan fingerprint density at radius 2 is 2.03 bits per heavy atom. The molecule has 0 spiro atoms. The zero-order valence-electron chi connectivity index (χ0n) is 16.5. The molecule has 1 aliphatic carbocycles. The van der Waals surface area contributed by atoms with Gasteiger partial charge in [-0.2, -0.15) is 0 Å². The lowest BCUT2D eigenvalue weighted by atomic mass is 10.1. The summed E-state index contributed by atoms with van der Waals surface area (Å²) in [5, 5.41) is 19.9. The highest BCUT2D eigenvalue weighted by molar-refractivity contribution is 7.21. The molecule has 0 aliphatic heterocycles. The van der Waals surface area contributed by atoms with Crippen molar-refractivity contribution in [3.63, 3.8) is 0 Å². The summed E-state index contributed by atoms with van der Waals surface area (Å²) in [6, 6.07) is 11.6. The van der Waals surface area contributed by atoms with Crippen molar-refractivity contribution >= 4 is 44.4 Å². The largest absolute Gasteiger partial charge is 0.411 e. The number of hydrogen-bond donors (Lipinski definition) is 3. The first-order valence-corrected chi connectivity index (χ1v) is 10.7. The molecule has 1 aromatic carbocycles. The summed E-state index contributed by atoms with van der Waals surface area (Å²) in [5.74, 6) is -0.150. The maximum absolute atomic E-state index is 13.0. The second kappa shape index (κ2) is 8.16. The molecule has 7 nitrogen and oxygen atoms in total. The molecule has 0 atom stereocenters. The molecule has 154 valence electrons. The molecule has 3 aromatic heterocycles. The number of fused-ring (bicyclic) bond motifs is 2. The molecular weight excluding hydrogens is 410 g/mol. The topological polar surface area (TPSA) is 99.5 Å². The van der Waals surface area contributed by atoms with Crippen LogP contribution in [-0.2, 0) is 13.0 Å². The molecule has 3 N–H and O–H groups in total. The number of nitrogens with one attached hydrogen (secondary N) is 2. The van der Waals surface area contributed by atoms with Gasteiger partial charge < -0.3 is 15.8 Å². The first kappa shape index (κ1) is 19.2. The Morgan fingerprint density at radius 3 is 2.87 bits per heavy atom. The Kier molecular flexibility index (Phi) is 5.05. The van der Waals surface area contributed by atoms with Crippen molar-refractivity contribution in [3.8, 4) is 0 Å². The number of carbonyl (C=O) groups is 1. The molecule has 4 aromatic rings. The van der Waals surface area contributed by atoms with Gasteiger partial charge in [-0.25, -0.2) is 0 Å². The van der Waals surface area contributed by atoms with Gasteiger partial charge in [-0.15, -0.1) is 11.3 Å². The lowest BCUT2D eigenvalue weighted by molar-refractivity contribution is 0.0955. The minimum Gasteiger partial charge on any atom is -0.411 e. The van der Waals surface area contributed by atoms with Crippen LogP contribution in [-0.4, -0.2) is 26.8 Å². The van der Waals surface area contributed by atoms with Crippen LogP contribution >= 0.6 is 11.3 Å². The summed E-state index contributed by atoms with van der Waals surface area (Å²) in [5.41, 5.74) is 5.40. The number of anilines is 2. The summed E-state index contributed by atoms with van der Waals surface area (Å²) < 4.78 is 0.937. The van der Waals surface area contributed by atoms with Crippen molar-refractivity contribution in [3.05, 3.63) is 82.8 Å². The van der Waals surface area contributed by atoms with Crippen molar-refractivity contribution in [2.24, 2.45) is 5.16 Å². The smallest absolute Gasteiger partial charge is 0.263 e. The van der Waals surface area contributed by atoms with Gasteiger partial charge in [0, 0.05) is 48.0 Å². The number of carbonyl (C=O) groups excluding carboxylic acids is 1. The van der Waals surface area contributed by atoms with Gasteiger partial charge in [0.25, 0.3) is 5.91 Å². The molecule has 0 saturated heterocycles. The Labute approximate surface area is 182 Å². The number of pyridine rings is 2. The van der Waals surface area contributed by atoms with Gasteiger partial charge in [0.15, 0.2) is 0 Å². The van der Waals surface area contributed by atoms with E-state index in [0.717, 1.165) is 51.0 Å². The Bertz CT molecular complexity index is 1300. The third kappa shape index (κ3) is 3.73. The first-order valence-electron chi connectivity index (χ1n) is 9.88. The molecule has 0 unspecified atom stereocenters. The second-order valence-electron chi connectivity index (χ2n) is 7.27. The highest BCUT2D eigenvalue weighted by atomic mass is 32.1. The summed E-state index contributed by atoms with van der Waals surface area (Å²) in [6.07, 6.45) is 8.50. The molecule has 0 bridgehead atoms. The van der Waals surface area contributed by atoms with Crippen LogP contribution in [0.1, 0.15) is 32.8 Å². The van der Waals surface area contributed by atoms with Crippen LogP contribution in [0.3, 0.4) is 0 Å². The molecule has 5 rings (SSSR count). The average Bonchev–Trinajstić information content (AvgIpc) is 3.39. The van der Waals surface area contributed by atoms with Crippen LogP contribution < -0.4 is 10.6 Å². The predicted molar refractivity (Wildman–Crippen MR) is 121 cm³/mol. The van der Waals surface area contributed by atoms with E-state index in [9.17, 15) is 4.79 Å². The standard InChI is InChI=1S/C23H19N5O2S/c29-23(26-12-14-2-1-8-24-11-14)22-21(18-7-9-25-13-20(18)31-22)27-16-4-5-17-15(10-16)3-6-19(17)28-30/h1-2,4-5,7-11,13,27,30H,3,6,12H2,(H,26,29)/b28-19+. The summed E-state index contributed by atoms with van der Waals surface area (Å²) in [6.45, 7) is 0.403. The zero-order chi connectivity index (χ0) is 21.2. The van der Waals surface area contributed by atoms with Gasteiger partial charge in [0.1, 0.15) is 4.88 Å². The number of hydrogen-bond acceptors (Lipinski definition) is 7. The summed E-state index contributed by atoms with van der Waals surface area (Å²) >= 11 is 1.41. The SMILES string of the molecule is O=C(NCc1cccnc1)c1sc2cnccc2c1Nc1ccc2c(c1)CC/C2=N\O. The highest BCUT2D eigenvalue weighted by Crippen LogP contribution is 2.38. The maximum Gasteiger partial charge on any atom is 0.263 e. The van der Waals surface area contributed by atoms with Crippen LogP contribution in [0, 0.1) is 0 Å². The molecule has 1 amide bonds. The van der Waals surface area contributed by atoms with E-state index in [1.54, 1.807) is 24.8 Å². The third-order valence-corrected chi connectivity index (χ3v) is 6.45. The van der Waals surface area contributed by atoms with Crippen LogP contribution in [0.5, 0.6) is 0 Å². The third-order valence-electron chi connectivity index (χ3n) is 5.31. The molecule has 8 heteroatoms. The first-order chi connectivity index (χ1) is 15.2. The monoisotopic (exact) mass is 429 g/mol. The van der Waals surface area contributed by atoms with Gasteiger partial charge in [-0.3, -0.25) is 14.8 Å². The van der Waals surface area contributed by atoms with Crippen LogP contribution in [0.4, 0.5) is 11.4 Å². The lowest BCUT2D eigenvalue weighted by Gasteiger charge is -2.11. The fourth-order valence-electron chi connectivity index (χ4n) is 3.80. The Hall–Kier alpha value is -3.78. The molecule has 0 radical (unpaired) electrons. The number of benzene rings is 1. The molecule has 0 fully saturated rings. The zero-order valence-corrected chi connectivity index (χ0v) is 17.3. The number of aromatic nitrogens is 2. The van der Waals surface area contributed by atoms with Gasteiger partial charge in [-0.1, -0.05) is 17.3 Å². The fourth-order valence-corrected chi connectivity index (χ4v) is 4.84. The van der Waals surface area contributed by atoms with Crippen LogP contribution in [0.2, 0.25) is 0 Å². The van der Waals surface area contributed by atoms with E-state index in [1.165, 1.54) is 11.3 Å². The molecule has 0 saturated carbocycles. The maximum atomic E-state index is 13.0. The van der Waals surface area contributed by atoms with Crippen molar-refractivity contribution in [1.82, 2.24) is 15.3 Å². The highest BCUT2D eigenvalue weighted by Gasteiger charge is 2.21. The quantitative estimate of drug-likeness (QED) is 0.321. The van der Waals surface area contributed by atoms with E-state index < -0.39 is 0 Å². The van der Waals surface area contributed by atoms with Crippen molar-refractivity contribution in [2.75, 3.05) is 5.32 Å². The van der Waals surface area contributed by atoms with E-state index in [2.05, 4.69) is 31.8 Å². The van der Waals surface area contributed by atoms with E-state index in [4.69, 9.17) is 5.21 Å². The Balaban J connectivity index is 1.46. The fraction of sp³-hybridized carbons (Fsp3) is 0.130. The number of thiophene rings is 1. The molecule has 3 heterocycles. The number of aryl methyl sites for hydroxylation is 1. The van der Waals surface area contributed by atoms with Gasteiger partial charge in [-0.05, 0) is 48.2 Å². The minimum atomic E-state index is -0.150. The van der Waals surface area contributed by atoms with E-state index in [0.29, 0.717) is 17.1 Å². The van der Waals surface area contributed by atoms with Gasteiger partial charge >= 0.3 is 0 Å².